The van der Waals surface area contributed by atoms with Gasteiger partial charge in [0.15, 0.2) is 5.71 Å². The Hall–Kier alpha value is -1.59. The van der Waals surface area contributed by atoms with Crippen LogP contribution in [-0.2, 0) is 0 Å². The maximum Gasteiger partial charge on any atom is 0.152 e. The molecule has 1 aliphatic carbocycles. The molecular formula is C8H13N3O3. The van der Waals surface area contributed by atoms with Crippen LogP contribution in [0, 0.1) is 5.41 Å². The maximum absolute atomic E-state index is 8.70. The van der Waals surface area contributed by atoms with Crippen molar-refractivity contribution < 1.29 is 15.6 Å². The largest absolute Gasteiger partial charge is 0.411 e. The van der Waals surface area contributed by atoms with Gasteiger partial charge in [0.1, 0.15) is 11.4 Å². The van der Waals surface area contributed by atoms with Crippen LogP contribution < -0.4 is 0 Å². The zero-order valence-electron chi connectivity index (χ0n) is 8.10. The van der Waals surface area contributed by atoms with E-state index < -0.39 is 0 Å². The molecule has 3 N–H and O–H groups in total. The van der Waals surface area contributed by atoms with Crippen molar-refractivity contribution in [3.8, 4) is 0 Å². The van der Waals surface area contributed by atoms with Gasteiger partial charge in [-0.25, -0.2) is 0 Å². The summed E-state index contributed by atoms with van der Waals surface area (Å²) in [5, 5.41) is 35.1. The van der Waals surface area contributed by atoms with Crippen molar-refractivity contribution in [3.05, 3.63) is 0 Å². The van der Waals surface area contributed by atoms with Crippen LogP contribution >= 0.6 is 0 Å². The minimum atomic E-state index is -0.169. The Morgan fingerprint density at radius 3 is 1.64 bits per heavy atom. The van der Waals surface area contributed by atoms with E-state index in [1.165, 1.54) is 0 Å². The molecular weight excluding hydrogens is 186 g/mol. The second-order valence-electron chi connectivity index (χ2n) is 4.06. The van der Waals surface area contributed by atoms with Crippen LogP contribution in [-0.4, -0.2) is 32.8 Å². The molecule has 0 radical (unpaired) electrons. The minimum Gasteiger partial charge on any atom is -0.411 e. The molecule has 0 bridgehead atoms. The van der Waals surface area contributed by atoms with Gasteiger partial charge < -0.3 is 15.6 Å². The second kappa shape index (κ2) is 3.65. The van der Waals surface area contributed by atoms with E-state index in [4.69, 9.17) is 15.6 Å². The highest BCUT2D eigenvalue weighted by Crippen LogP contribution is 2.31. The van der Waals surface area contributed by atoms with Crippen LogP contribution in [0.25, 0.3) is 0 Å². The molecule has 0 saturated heterocycles. The Balaban J connectivity index is 3.11. The van der Waals surface area contributed by atoms with Crippen molar-refractivity contribution in [2.45, 2.75) is 26.7 Å². The van der Waals surface area contributed by atoms with Gasteiger partial charge in [0, 0.05) is 12.8 Å². The number of hydrogen-bond acceptors (Lipinski definition) is 6. The van der Waals surface area contributed by atoms with Crippen molar-refractivity contribution in [1.82, 2.24) is 0 Å². The molecule has 14 heavy (non-hydrogen) atoms. The standard InChI is InChI=1S/C8H13N3O3/c1-8(2)3-5(9-12)7(11-14)6(4-8)10-13/h12-14H,3-4H2,1-2H3. The molecule has 78 valence electrons. The van der Waals surface area contributed by atoms with Crippen molar-refractivity contribution in [2.24, 2.45) is 20.9 Å². The van der Waals surface area contributed by atoms with Gasteiger partial charge in [-0.3, -0.25) is 0 Å². The van der Waals surface area contributed by atoms with E-state index in [1.807, 2.05) is 13.8 Å². The average molecular weight is 199 g/mol. The predicted molar refractivity (Wildman–Crippen MR) is 50.7 cm³/mol. The highest BCUT2D eigenvalue weighted by Gasteiger charge is 2.35. The molecule has 0 aromatic rings. The third kappa shape index (κ3) is 1.84. The molecule has 6 nitrogen and oxygen atoms in total. The molecule has 1 fully saturated rings. The molecule has 0 spiro atoms. The monoisotopic (exact) mass is 199 g/mol. The summed E-state index contributed by atoms with van der Waals surface area (Å²) in [6, 6.07) is 0. The van der Waals surface area contributed by atoms with E-state index in [1.54, 1.807) is 0 Å². The minimum absolute atomic E-state index is 0.0503. The first kappa shape index (κ1) is 10.5. The van der Waals surface area contributed by atoms with Gasteiger partial charge in [-0.05, 0) is 5.41 Å². The van der Waals surface area contributed by atoms with Gasteiger partial charge in [-0.2, -0.15) is 0 Å². The van der Waals surface area contributed by atoms with E-state index in [9.17, 15) is 0 Å². The lowest BCUT2D eigenvalue weighted by Crippen LogP contribution is -2.38. The molecule has 0 heterocycles. The fraction of sp³-hybridized carbons (Fsp3) is 0.625. The fourth-order valence-electron chi connectivity index (χ4n) is 1.58. The van der Waals surface area contributed by atoms with Crippen molar-refractivity contribution in [1.29, 1.82) is 0 Å². The average Bonchev–Trinajstić information content (AvgIpc) is 2.15. The molecule has 1 rings (SSSR count). The molecule has 6 heteroatoms. The summed E-state index contributed by atoms with van der Waals surface area (Å²) < 4.78 is 0. The van der Waals surface area contributed by atoms with Crippen molar-refractivity contribution >= 4 is 17.1 Å². The highest BCUT2D eigenvalue weighted by atomic mass is 16.4. The van der Waals surface area contributed by atoms with Crippen LogP contribution in [0.1, 0.15) is 26.7 Å². The van der Waals surface area contributed by atoms with Gasteiger partial charge in [-0.1, -0.05) is 29.3 Å². The third-order valence-corrected chi connectivity index (χ3v) is 2.18. The fourth-order valence-corrected chi connectivity index (χ4v) is 1.58. The van der Waals surface area contributed by atoms with Crippen LogP contribution in [0.4, 0.5) is 0 Å². The molecule has 1 saturated carbocycles. The lowest BCUT2D eigenvalue weighted by atomic mass is 9.74. The van der Waals surface area contributed by atoms with Crippen LogP contribution in [0.3, 0.4) is 0 Å². The molecule has 0 aromatic heterocycles. The molecule has 1 aliphatic rings. The first-order valence-corrected chi connectivity index (χ1v) is 4.19. The van der Waals surface area contributed by atoms with E-state index in [0.29, 0.717) is 12.8 Å². The van der Waals surface area contributed by atoms with Gasteiger partial charge in [0.25, 0.3) is 0 Å². The Bertz CT molecular complexity index is 292. The number of rotatable bonds is 0. The Morgan fingerprint density at radius 1 is 0.929 bits per heavy atom. The van der Waals surface area contributed by atoms with Crippen LogP contribution in [0.2, 0.25) is 0 Å². The van der Waals surface area contributed by atoms with E-state index in [0.717, 1.165) is 0 Å². The quantitative estimate of drug-likeness (QED) is 0.405. The summed E-state index contributed by atoms with van der Waals surface area (Å²) in [4.78, 5) is 0. The summed E-state index contributed by atoms with van der Waals surface area (Å²) in [5.74, 6) is 0. The predicted octanol–water partition coefficient (Wildman–Crippen LogP) is 1.30. The first-order valence-electron chi connectivity index (χ1n) is 4.19. The summed E-state index contributed by atoms with van der Waals surface area (Å²) in [6.45, 7) is 3.88. The summed E-state index contributed by atoms with van der Waals surface area (Å²) in [6.07, 6.45) is 0.948. The Labute approximate surface area is 81.2 Å². The lowest BCUT2D eigenvalue weighted by Gasteiger charge is -2.30. The normalized spacial score (nSPS) is 26.9. The maximum atomic E-state index is 8.70. The number of oxime groups is 3. The third-order valence-electron chi connectivity index (χ3n) is 2.18. The van der Waals surface area contributed by atoms with Gasteiger partial charge in [0.2, 0.25) is 0 Å². The van der Waals surface area contributed by atoms with Gasteiger partial charge in [0.05, 0.1) is 0 Å². The molecule has 0 atom stereocenters. The molecule has 0 amide bonds. The van der Waals surface area contributed by atoms with Crippen molar-refractivity contribution in [2.75, 3.05) is 0 Å². The van der Waals surface area contributed by atoms with Crippen LogP contribution in [0.5, 0.6) is 0 Å². The lowest BCUT2D eigenvalue weighted by molar-refractivity contribution is 0.298. The smallest absolute Gasteiger partial charge is 0.152 e. The summed E-state index contributed by atoms with van der Waals surface area (Å²) >= 11 is 0. The van der Waals surface area contributed by atoms with Crippen LogP contribution in [0.15, 0.2) is 15.5 Å². The summed E-state index contributed by atoms with van der Waals surface area (Å²) in [7, 11) is 0. The molecule has 0 aliphatic heterocycles. The SMILES string of the molecule is CC1(C)CC(=NO)C(=NO)C(=NO)C1. The Kier molecular flexibility index (Phi) is 2.73. The summed E-state index contributed by atoms with van der Waals surface area (Å²) in [5.41, 5.74) is 0.347. The number of hydrogen-bond donors (Lipinski definition) is 3. The van der Waals surface area contributed by atoms with E-state index in [2.05, 4.69) is 15.5 Å². The highest BCUT2D eigenvalue weighted by molar-refractivity contribution is 6.69. The van der Waals surface area contributed by atoms with Gasteiger partial charge in [-0.15, -0.1) is 0 Å². The van der Waals surface area contributed by atoms with E-state index in [-0.39, 0.29) is 22.6 Å². The first-order chi connectivity index (χ1) is 6.54. The number of nitrogens with zero attached hydrogens (tertiary/aromatic N) is 3. The Morgan fingerprint density at radius 2 is 1.36 bits per heavy atom. The zero-order chi connectivity index (χ0) is 10.8. The van der Waals surface area contributed by atoms with Crippen molar-refractivity contribution in [3.63, 3.8) is 0 Å². The van der Waals surface area contributed by atoms with Gasteiger partial charge >= 0.3 is 0 Å². The second-order valence-corrected chi connectivity index (χ2v) is 4.06. The topological polar surface area (TPSA) is 97.8 Å². The van der Waals surface area contributed by atoms with E-state index >= 15 is 0 Å². The molecule has 0 aromatic carbocycles. The molecule has 0 unspecified atom stereocenters. The zero-order valence-corrected chi connectivity index (χ0v) is 8.10.